The van der Waals surface area contributed by atoms with Gasteiger partial charge >= 0.3 is 0 Å². The van der Waals surface area contributed by atoms with Crippen LogP contribution in [0, 0.1) is 5.82 Å². The summed E-state index contributed by atoms with van der Waals surface area (Å²) < 4.78 is 15.8. The van der Waals surface area contributed by atoms with Crippen molar-refractivity contribution < 1.29 is 9.18 Å². The number of aromatic nitrogens is 5. The lowest BCUT2D eigenvalue weighted by Gasteiger charge is -2.07. The van der Waals surface area contributed by atoms with Crippen LogP contribution in [0.1, 0.15) is 5.56 Å². The smallest absolute Gasteiger partial charge is 0.283 e. The molecule has 1 amide bonds. The molecule has 0 bridgehead atoms. The van der Waals surface area contributed by atoms with E-state index in [0.29, 0.717) is 22.9 Å². The van der Waals surface area contributed by atoms with Gasteiger partial charge in [-0.1, -0.05) is 35.0 Å². The SMILES string of the molecule is O=C(Cn1cnc2c(nnn2Cc2ccc(Cl)cc2)c1=O)Nc1cccc(F)c1. The largest absolute Gasteiger partial charge is 0.324 e. The van der Waals surface area contributed by atoms with Crippen LogP contribution in [0.25, 0.3) is 11.2 Å². The summed E-state index contributed by atoms with van der Waals surface area (Å²) >= 11 is 5.88. The summed E-state index contributed by atoms with van der Waals surface area (Å²) in [6, 6.07) is 12.7. The Morgan fingerprint density at radius 1 is 1.17 bits per heavy atom. The van der Waals surface area contributed by atoms with E-state index in [1.54, 1.807) is 18.2 Å². The van der Waals surface area contributed by atoms with Crippen molar-refractivity contribution >= 4 is 34.4 Å². The topological polar surface area (TPSA) is 94.7 Å². The van der Waals surface area contributed by atoms with Crippen molar-refractivity contribution in [3.8, 4) is 0 Å². The van der Waals surface area contributed by atoms with Gasteiger partial charge in [0.1, 0.15) is 18.7 Å². The molecule has 2 aromatic carbocycles. The number of fused-ring (bicyclic) bond motifs is 1. The highest BCUT2D eigenvalue weighted by atomic mass is 35.5. The number of amides is 1. The van der Waals surface area contributed by atoms with Crippen molar-refractivity contribution in [2.75, 3.05) is 5.32 Å². The molecular weight excluding hydrogens is 399 g/mol. The average Bonchev–Trinajstić information content (AvgIpc) is 3.09. The lowest BCUT2D eigenvalue weighted by molar-refractivity contribution is -0.116. The number of carbonyl (C=O) groups excluding carboxylic acids is 1. The molecule has 4 aromatic rings. The van der Waals surface area contributed by atoms with Crippen molar-refractivity contribution in [3.05, 3.63) is 81.6 Å². The van der Waals surface area contributed by atoms with Gasteiger partial charge in [-0.05, 0) is 35.9 Å². The molecule has 0 radical (unpaired) electrons. The zero-order valence-electron chi connectivity index (χ0n) is 14.9. The van der Waals surface area contributed by atoms with Crippen LogP contribution in [0.2, 0.25) is 5.02 Å². The molecule has 2 heterocycles. The fourth-order valence-corrected chi connectivity index (χ4v) is 2.92. The molecule has 4 rings (SSSR count). The van der Waals surface area contributed by atoms with Crippen molar-refractivity contribution in [2.45, 2.75) is 13.1 Å². The summed E-state index contributed by atoms with van der Waals surface area (Å²) in [5, 5.41) is 11.0. The number of hydrogen-bond donors (Lipinski definition) is 1. The third-order valence-electron chi connectivity index (χ3n) is 4.16. The van der Waals surface area contributed by atoms with Gasteiger partial charge in [0.2, 0.25) is 5.91 Å². The predicted octanol–water partition coefficient (Wildman–Crippen LogP) is 2.47. The minimum Gasteiger partial charge on any atom is -0.324 e. The maximum atomic E-state index is 13.2. The Labute approximate surface area is 168 Å². The molecule has 0 fully saturated rings. The fraction of sp³-hybridized carbons (Fsp3) is 0.105. The predicted molar refractivity (Wildman–Crippen MR) is 105 cm³/mol. The molecule has 2 aromatic heterocycles. The minimum atomic E-state index is -0.494. The molecule has 0 aliphatic rings. The van der Waals surface area contributed by atoms with Gasteiger partial charge in [0, 0.05) is 10.7 Å². The number of nitrogens with zero attached hydrogens (tertiary/aromatic N) is 5. The molecule has 0 aliphatic carbocycles. The molecular formula is C19H14ClFN6O2. The first-order chi connectivity index (χ1) is 14.0. The first kappa shape index (κ1) is 18.8. The molecule has 0 spiro atoms. The highest BCUT2D eigenvalue weighted by Crippen LogP contribution is 2.12. The molecule has 0 saturated heterocycles. The van der Waals surface area contributed by atoms with Gasteiger partial charge in [-0.3, -0.25) is 14.2 Å². The number of rotatable bonds is 5. The van der Waals surface area contributed by atoms with Gasteiger partial charge in [-0.25, -0.2) is 14.1 Å². The molecule has 10 heteroatoms. The van der Waals surface area contributed by atoms with Crippen LogP contribution >= 0.6 is 11.6 Å². The van der Waals surface area contributed by atoms with E-state index >= 15 is 0 Å². The monoisotopic (exact) mass is 412 g/mol. The molecule has 0 saturated carbocycles. The van der Waals surface area contributed by atoms with E-state index in [1.807, 2.05) is 12.1 Å². The first-order valence-corrected chi connectivity index (χ1v) is 8.96. The minimum absolute atomic E-state index is 0.0556. The van der Waals surface area contributed by atoms with Crippen LogP contribution in [0.3, 0.4) is 0 Å². The number of benzene rings is 2. The van der Waals surface area contributed by atoms with E-state index in [2.05, 4.69) is 20.6 Å². The second-order valence-corrected chi connectivity index (χ2v) is 6.72. The van der Waals surface area contributed by atoms with Crippen LogP contribution in [0.5, 0.6) is 0 Å². The maximum absolute atomic E-state index is 13.2. The second kappa shape index (κ2) is 7.80. The first-order valence-electron chi connectivity index (χ1n) is 8.58. The summed E-state index contributed by atoms with van der Waals surface area (Å²) in [5.74, 6) is -0.965. The number of hydrogen-bond acceptors (Lipinski definition) is 5. The molecule has 0 atom stereocenters. The Hall–Kier alpha value is -3.59. The highest BCUT2D eigenvalue weighted by Gasteiger charge is 2.14. The second-order valence-electron chi connectivity index (χ2n) is 6.28. The van der Waals surface area contributed by atoms with E-state index in [-0.39, 0.29) is 12.1 Å². The zero-order valence-corrected chi connectivity index (χ0v) is 15.7. The normalized spacial score (nSPS) is 11.0. The number of halogens is 2. The Kier molecular flexibility index (Phi) is 5.05. The Bertz CT molecular complexity index is 1250. The Morgan fingerprint density at radius 2 is 1.97 bits per heavy atom. The summed E-state index contributed by atoms with van der Waals surface area (Å²) in [6.45, 7) is 0.0759. The van der Waals surface area contributed by atoms with Crippen molar-refractivity contribution in [3.63, 3.8) is 0 Å². The number of nitrogens with one attached hydrogen (secondary N) is 1. The van der Waals surface area contributed by atoms with Crippen molar-refractivity contribution in [1.82, 2.24) is 24.5 Å². The standard InChI is InChI=1S/C19H14ClFN6O2/c20-13-6-4-12(5-7-13)9-27-18-17(24-25-27)19(29)26(11-22-18)10-16(28)23-15-3-1-2-14(21)8-15/h1-8,11H,9-10H2,(H,23,28). The molecule has 1 N–H and O–H groups in total. The van der Waals surface area contributed by atoms with Gasteiger partial charge in [0.25, 0.3) is 5.56 Å². The molecule has 8 nitrogen and oxygen atoms in total. The Morgan fingerprint density at radius 3 is 2.72 bits per heavy atom. The van der Waals surface area contributed by atoms with Crippen LogP contribution in [0.15, 0.2) is 59.7 Å². The van der Waals surface area contributed by atoms with E-state index in [0.717, 1.165) is 10.1 Å². The summed E-state index contributed by atoms with van der Waals surface area (Å²) in [7, 11) is 0. The zero-order chi connectivity index (χ0) is 20.4. The molecule has 0 aliphatic heterocycles. The van der Waals surface area contributed by atoms with Crippen LogP contribution < -0.4 is 10.9 Å². The molecule has 29 heavy (non-hydrogen) atoms. The number of carbonyl (C=O) groups is 1. The molecule has 146 valence electrons. The van der Waals surface area contributed by atoms with Gasteiger partial charge in [0.05, 0.1) is 6.54 Å². The highest BCUT2D eigenvalue weighted by molar-refractivity contribution is 6.30. The Balaban J connectivity index is 1.54. The van der Waals surface area contributed by atoms with Gasteiger partial charge < -0.3 is 5.32 Å². The summed E-state index contributed by atoms with van der Waals surface area (Å²) in [5.41, 5.74) is 1.09. The summed E-state index contributed by atoms with van der Waals surface area (Å²) in [4.78, 5) is 29.0. The van der Waals surface area contributed by atoms with Crippen LogP contribution in [-0.4, -0.2) is 30.5 Å². The van der Waals surface area contributed by atoms with Gasteiger partial charge in [-0.15, -0.1) is 5.10 Å². The number of anilines is 1. The summed E-state index contributed by atoms with van der Waals surface area (Å²) in [6.07, 6.45) is 1.26. The van der Waals surface area contributed by atoms with Crippen LogP contribution in [-0.2, 0) is 17.9 Å². The third-order valence-corrected chi connectivity index (χ3v) is 4.41. The van der Waals surface area contributed by atoms with Gasteiger partial charge in [-0.2, -0.15) is 0 Å². The maximum Gasteiger partial charge on any atom is 0.283 e. The van der Waals surface area contributed by atoms with E-state index in [4.69, 9.17) is 11.6 Å². The average molecular weight is 413 g/mol. The van der Waals surface area contributed by atoms with Crippen molar-refractivity contribution in [2.24, 2.45) is 0 Å². The van der Waals surface area contributed by atoms with E-state index in [9.17, 15) is 14.0 Å². The quantitative estimate of drug-likeness (QED) is 0.543. The lowest BCUT2D eigenvalue weighted by Crippen LogP contribution is -2.28. The van der Waals surface area contributed by atoms with E-state index < -0.39 is 17.3 Å². The fourth-order valence-electron chi connectivity index (χ4n) is 2.79. The van der Waals surface area contributed by atoms with Crippen LogP contribution in [0.4, 0.5) is 10.1 Å². The lowest BCUT2D eigenvalue weighted by atomic mass is 10.2. The van der Waals surface area contributed by atoms with Crippen molar-refractivity contribution in [1.29, 1.82) is 0 Å². The third kappa shape index (κ3) is 4.14. The van der Waals surface area contributed by atoms with E-state index in [1.165, 1.54) is 29.2 Å². The van der Waals surface area contributed by atoms with Gasteiger partial charge in [0.15, 0.2) is 11.2 Å². The molecule has 0 unspecified atom stereocenters.